The molecule has 1 aromatic rings. The maximum Gasteiger partial charge on any atom is 0.327 e. The van der Waals surface area contributed by atoms with Gasteiger partial charge in [0.2, 0.25) is 17.7 Å². The zero-order chi connectivity index (χ0) is 22.0. The second kappa shape index (κ2) is 12.1. The summed E-state index contributed by atoms with van der Waals surface area (Å²) < 4.78 is 0. The molecule has 0 spiro atoms. The first-order valence-electron chi connectivity index (χ1n) is 9.16. The topological polar surface area (TPSA) is 151 Å². The Morgan fingerprint density at radius 1 is 1.07 bits per heavy atom. The first-order chi connectivity index (χ1) is 13.6. The Hall–Kier alpha value is -2.59. The van der Waals surface area contributed by atoms with Crippen molar-refractivity contribution < 1.29 is 24.3 Å². The van der Waals surface area contributed by atoms with Crippen molar-refractivity contribution in [2.75, 3.05) is 12.3 Å². The van der Waals surface area contributed by atoms with Gasteiger partial charge in [-0.2, -0.15) is 12.6 Å². The molecule has 29 heavy (non-hydrogen) atoms. The van der Waals surface area contributed by atoms with E-state index in [2.05, 4.69) is 28.6 Å². The van der Waals surface area contributed by atoms with Crippen LogP contribution in [0.15, 0.2) is 30.3 Å². The molecule has 0 aromatic heterocycles. The van der Waals surface area contributed by atoms with Gasteiger partial charge in [0.1, 0.15) is 12.1 Å². The Morgan fingerprint density at radius 3 is 2.21 bits per heavy atom. The van der Waals surface area contributed by atoms with Crippen LogP contribution < -0.4 is 21.7 Å². The third-order valence-corrected chi connectivity index (χ3v) is 4.49. The second-order valence-corrected chi connectivity index (χ2v) is 7.25. The van der Waals surface area contributed by atoms with E-state index in [4.69, 9.17) is 10.8 Å². The van der Waals surface area contributed by atoms with Crippen LogP contribution in [0.4, 0.5) is 0 Å². The molecule has 0 saturated carbocycles. The van der Waals surface area contributed by atoms with Crippen LogP contribution in [0.1, 0.15) is 19.4 Å². The van der Waals surface area contributed by atoms with Gasteiger partial charge in [-0.3, -0.25) is 14.4 Å². The van der Waals surface area contributed by atoms with E-state index in [0.29, 0.717) is 6.42 Å². The molecule has 0 fully saturated rings. The first kappa shape index (κ1) is 24.4. The van der Waals surface area contributed by atoms with Gasteiger partial charge in [-0.05, 0) is 17.9 Å². The van der Waals surface area contributed by atoms with Gasteiger partial charge in [-0.15, -0.1) is 0 Å². The number of benzene rings is 1. The predicted octanol–water partition coefficient (Wildman–Crippen LogP) is -0.687. The average molecular weight is 425 g/mol. The van der Waals surface area contributed by atoms with Gasteiger partial charge in [0.05, 0.1) is 12.6 Å². The lowest BCUT2D eigenvalue weighted by Crippen LogP contribution is -2.56. The summed E-state index contributed by atoms with van der Waals surface area (Å²) in [4.78, 5) is 47.6. The highest BCUT2D eigenvalue weighted by Crippen LogP contribution is 2.04. The summed E-state index contributed by atoms with van der Waals surface area (Å²) in [7, 11) is 0. The van der Waals surface area contributed by atoms with Crippen LogP contribution in [0, 0.1) is 5.92 Å². The molecular formula is C19H28N4O5S. The zero-order valence-corrected chi connectivity index (χ0v) is 17.3. The largest absolute Gasteiger partial charge is 0.480 e. The summed E-state index contributed by atoms with van der Waals surface area (Å²) in [6.45, 7) is 3.05. The lowest BCUT2D eigenvalue weighted by atomic mass is 10.0. The van der Waals surface area contributed by atoms with Crippen molar-refractivity contribution in [2.45, 2.75) is 38.4 Å². The van der Waals surface area contributed by atoms with E-state index in [-0.39, 0.29) is 18.2 Å². The number of aliphatic carboxylic acids is 1. The molecule has 0 aliphatic rings. The number of carbonyl (C=O) groups is 4. The number of rotatable bonds is 11. The van der Waals surface area contributed by atoms with E-state index in [1.165, 1.54) is 0 Å². The molecule has 1 aromatic carbocycles. The number of thiol groups is 1. The fourth-order valence-corrected chi connectivity index (χ4v) is 2.71. The Labute approximate surface area is 175 Å². The maximum absolute atomic E-state index is 12.3. The number of hydrogen-bond acceptors (Lipinski definition) is 6. The van der Waals surface area contributed by atoms with Gasteiger partial charge >= 0.3 is 5.97 Å². The lowest BCUT2D eigenvalue weighted by Gasteiger charge is -2.23. The zero-order valence-electron chi connectivity index (χ0n) is 16.4. The van der Waals surface area contributed by atoms with Crippen molar-refractivity contribution in [3.63, 3.8) is 0 Å². The van der Waals surface area contributed by atoms with Crippen LogP contribution in [0.5, 0.6) is 0 Å². The summed E-state index contributed by atoms with van der Waals surface area (Å²) in [5.74, 6) is -3.32. The number of amides is 3. The number of carboxylic acids is 1. The standard InChI is InChI=1S/C19H28N4O5S/c1-11(2)16(18(26)22-14(10-29)19(27)28)23-15(24)9-21-17(25)13(20)8-12-6-4-3-5-7-12/h3-7,11,13-14,16,29H,8-10,20H2,1-2H3,(H,21,25)(H,22,26)(H,23,24)(H,27,28). The highest BCUT2D eigenvalue weighted by molar-refractivity contribution is 7.80. The molecule has 0 aliphatic carbocycles. The van der Waals surface area contributed by atoms with Crippen LogP contribution >= 0.6 is 12.6 Å². The smallest absolute Gasteiger partial charge is 0.327 e. The van der Waals surface area contributed by atoms with Crippen molar-refractivity contribution in [3.8, 4) is 0 Å². The van der Waals surface area contributed by atoms with Gasteiger partial charge < -0.3 is 26.8 Å². The Balaban J connectivity index is 2.55. The predicted molar refractivity (Wildman–Crippen MR) is 111 cm³/mol. The molecule has 0 aliphatic heterocycles. The monoisotopic (exact) mass is 424 g/mol. The molecule has 3 atom stereocenters. The van der Waals surface area contributed by atoms with E-state index in [1.54, 1.807) is 13.8 Å². The molecule has 3 unspecified atom stereocenters. The van der Waals surface area contributed by atoms with Crippen molar-refractivity contribution in [1.29, 1.82) is 0 Å². The Kier molecular flexibility index (Phi) is 10.2. The van der Waals surface area contributed by atoms with Crippen molar-refractivity contribution in [3.05, 3.63) is 35.9 Å². The number of carboxylic acid groups (broad SMARTS) is 1. The van der Waals surface area contributed by atoms with E-state index in [1.807, 2.05) is 30.3 Å². The summed E-state index contributed by atoms with van der Waals surface area (Å²) in [6.07, 6.45) is 0.325. The second-order valence-electron chi connectivity index (χ2n) is 6.89. The minimum atomic E-state index is -1.22. The molecule has 160 valence electrons. The van der Waals surface area contributed by atoms with Crippen molar-refractivity contribution in [2.24, 2.45) is 11.7 Å². The normalized spacial score (nSPS) is 13.8. The fraction of sp³-hybridized carbons (Fsp3) is 0.474. The molecule has 3 amide bonds. The van der Waals surface area contributed by atoms with Gasteiger partial charge in [0.25, 0.3) is 0 Å². The van der Waals surface area contributed by atoms with Gasteiger partial charge in [0, 0.05) is 5.75 Å². The average Bonchev–Trinajstić information content (AvgIpc) is 2.68. The van der Waals surface area contributed by atoms with Crippen LogP contribution in [0.25, 0.3) is 0 Å². The number of nitrogens with two attached hydrogens (primary N) is 1. The molecule has 10 heteroatoms. The summed E-state index contributed by atoms with van der Waals surface area (Å²) in [5.41, 5.74) is 6.76. The minimum absolute atomic E-state index is 0.0881. The third kappa shape index (κ3) is 8.53. The number of carbonyl (C=O) groups excluding carboxylic acids is 3. The third-order valence-electron chi connectivity index (χ3n) is 4.12. The molecular weight excluding hydrogens is 396 g/mol. The van der Waals surface area contributed by atoms with Crippen molar-refractivity contribution >= 4 is 36.3 Å². The molecule has 0 bridgehead atoms. The summed E-state index contributed by atoms with van der Waals surface area (Å²) >= 11 is 3.89. The molecule has 1 rings (SSSR count). The van der Waals surface area contributed by atoms with E-state index < -0.39 is 41.8 Å². The van der Waals surface area contributed by atoms with Crippen LogP contribution in [0.3, 0.4) is 0 Å². The molecule has 6 N–H and O–H groups in total. The molecule has 0 heterocycles. The number of nitrogens with one attached hydrogen (secondary N) is 3. The van der Waals surface area contributed by atoms with Crippen molar-refractivity contribution in [1.82, 2.24) is 16.0 Å². The SMILES string of the molecule is CC(C)C(NC(=O)CNC(=O)C(N)Cc1ccccc1)C(=O)NC(CS)C(=O)O. The fourth-order valence-electron chi connectivity index (χ4n) is 2.47. The van der Waals surface area contributed by atoms with Crippen LogP contribution in [0.2, 0.25) is 0 Å². The first-order valence-corrected chi connectivity index (χ1v) is 9.79. The maximum atomic E-state index is 12.3. The van der Waals surface area contributed by atoms with Gasteiger partial charge in [-0.25, -0.2) is 4.79 Å². The molecule has 0 radical (unpaired) electrons. The quantitative estimate of drug-likeness (QED) is 0.259. The Morgan fingerprint density at radius 2 is 1.69 bits per heavy atom. The molecule has 9 nitrogen and oxygen atoms in total. The van der Waals surface area contributed by atoms with E-state index >= 15 is 0 Å². The van der Waals surface area contributed by atoms with Gasteiger partial charge in [0.15, 0.2) is 0 Å². The lowest BCUT2D eigenvalue weighted by molar-refractivity contribution is -0.141. The number of hydrogen-bond donors (Lipinski definition) is 6. The minimum Gasteiger partial charge on any atom is -0.480 e. The van der Waals surface area contributed by atoms with E-state index in [0.717, 1.165) is 5.56 Å². The summed E-state index contributed by atoms with van der Waals surface area (Å²) in [6, 6.07) is 6.29. The van der Waals surface area contributed by atoms with Crippen LogP contribution in [-0.2, 0) is 25.6 Å². The Bertz CT molecular complexity index is 714. The van der Waals surface area contributed by atoms with E-state index in [9.17, 15) is 19.2 Å². The highest BCUT2D eigenvalue weighted by Gasteiger charge is 2.28. The van der Waals surface area contributed by atoms with Crippen LogP contribution in [-0.4, -0.2) is 59.2 Å². The molecule has 0 saturated heterocycles. The summed E-state index contributed by atoms with van der Waals surface area (Å²) in [5, 5.41) is 16.3. The van der Waals surface area contributed by atoms with Gasteiger partial charge in [-0.1, -0.05) is 44.2 Å². The highest BCUT2D eigenvalue weighted by atomic mass is 32.1.